The lowest BCUT2D eigenvalue weighted by Crippen LogP contribution is -2.30. The van der Waals surface area contributed by atoms with E-state index in [1.807, 2.05) is 24.3 Å². The number of hydrazine groups is 1. The van der Waals surface area contributed by atoms with Crippen molar-refractivity contribution < 1.29 is 4.21 Å². The maximum Gasteiger partial charge on any atom is 0.185 e. The number of thioether (sulfide) groups is 1. The third kappa shape index (κ3) is 3.16. The van der Waals surface area contributed by atoms with Crippen molar-refractivity contribution in [1.82, 2.24) is 25.2 Å². The van der Waals surface area contributed by atoms with Gasteiger partial charge >= 0.3 is 0 Å². The first-order chi connectivity index (χ1) is 11.5. The molecule has 0 aliphatic rings. The molecule has 0 aliphatic carbocycles. The van der Waals surface area contributed by atoms with Crippen LogP contribution in [0.4, 0.5) is 0 Å². The molecule has 2 heterocycles. The standard InChI is InChI=1S/C14H15N7OS2/c1-21(16)14(15)23-13-10-11(19-20-12(10)17-7-18-13)8-4-3-5-9(6-8)24(2)22/h3-7,15H,16H2,1-2H3,(H,17,18,19,20). The summed E-state index contributed by atoms with van der Waals surface area (Å²) in [5, 5.41) is 17.7. The van der Waals surface area contributed by atoms with Crippen molar-refractivity contribution in [1.29, 1.82) is 5.41 Å². The van der Waals surface area contributed by atoms with Gasteiger partial charge in [0.1, 0.15) is 11.4 Å². The fourth-order valence-corrected chi connectivity index (χ4v) is 3.39. The van der Waals surface area contributed by atoms with Gasteiger partial charge < -0.3 is 0 Å². The molecule has 2 aromatic heterocycles. The van der Waals surface area contributed by atoms with Gasteiger partial charge in [-0.15, -0.1) is 0 Å². The summed E-state index contributed by atoms with van der Waals surface area (Å²) in [6.07, 6.45) is 3.03. The number of fused-ring (bicyclic) bond motifs is 1. The SMILES string of the molecule is CN(N)C(=N)Sc1ncnc2n[nH]c(-c3cccc(S(C)=O)c3)c12. The van der Waals surface area contributed by atoms with Crippen LogP contribution in [0.1, 0.15) is 0 Å². The van der Waals surface area contributed by atoms with Gasteiger partial charge in [-0.3, -0.25) is 19.7 Å². The second-order valence-corrected chi connectivity index (χ2v) is 7.33. The summed E-state index contributed by atoms with van der Waals surface area (Å²) in [6.45, 7) is 0. The Morgan fingerprint density at radius 2 is 2.21 bits per heavy atom. The van der Waals surface area contributed by atoms with Crippen LogP contribution in [0.15, 0.2) is 40.5 Å². The molecule has 0 saturated heterocycles. The molecule has 0 saturated carbocycles. The van der Waals surface area contributed by atoms with E-state index in [1.54, 1.807) is 13.3 Å². The monoisotopic (exact) mass is 361 g/mol. The molecule has 0 spiro atoms. The van der Waals surface area contributed by atoms with Gasteiger partial charge in [0.25, 0.3) is 0 Å². The maximum atomic E-state index is 11.7. The van der Waals surface area contributed by atoms with Crippen LogP contribution in [-0.2, 0) is 10.8 Å². The Bertz CT molecular complexity index is 938. The first-order valence-corrected chi connectivity index (χ1v) is 9.22. The quantitative estimate of drug-likeness (QED) is 0.161. The highest BCUT2D eigenvalue weighted by Crippen LogP contribution is 2.33. The van der Waals surface area contributed by atoms with Gasteiger partial charge in [0.2, 0.25) is 0 Å². The minimum atomic E-state index is -1.08. The van der Waals surface area contributed by atoms with Crippen LogP contribution in [0.2, 0.25) is 0 Å². The molecule has 0 amide bonds. The van der Waals surface area contributed by atoms with Crippen molar-refractivity contribution in [2.24, 2.45) is 5.84 Å². The summed E-state index contributed by atoms with van der Waals surface area (Å²) in [5.41, 5.74) is 2.04. The molecule has 24 heavy (non-hydrogen) atoms. The van der Waals surface area contributed by atoms with E-state index in [-0.39, 0.29) is 5.17 Å². The Morgan fingerprint density at radius 1 is 1.42 bits per heavy atom. The average molecular weight is 361 g/mol. The summed E-state index contributed by atoms with van der Waals surface area (Å²) < 4.78 is 11.7. The Labute approximate surface area is 144 Å². The van der Waals surface area contributed by atoms with Gasteiger partial charge in [0.15, 0.2) is 10.8 Å². The van der Waals surface area contributed by atoms with Crippen LogP contribution >= 0.6 is 11.8 Å². The number of amidine groups is 1. The number of benzene rings is 1. The second kappa shape index (κ2) is 6.67. The largest absolute Gasteiger partial charge is 0.293 e. The molecule has 0 radical (unpaired) electrons. The summed E-state index contributed by atoms with van der Waals surface area (Å²) in [7, 11) is 0.504. The van der Waals surface area contributed by atoms with E-state index in [1.165, 1.54) is 11.3 Å². The number of H-pyrrole nitrogens is 1. The molecule has 3 aromatic rings. The first kappa shape index (κ1) is 16.6. The van der Waals surface area contributed by atoms with Gasteiger partial charge in [-0.2, -0.15) is 5.10 Å². The van der Waals surface area contributed by atoms with E-state index < -0.39 is 10.8 Å². The van der Waals surface area contributed by atoms with Crippen LogP contribution in [0.25, 0.3) is 22.3 Å². The summed E-state index contributed by atoms with van der Waals surface area (Å²) in [4.78, 5) is 9.13. The molecule has 3 rings (SSSR count). The maximum absolute atomic E-state index is 11.7. The minimum Gasteiger partial charge on any atom is -0.293 e. The molecule has 4 N–H and O–H groups in total. The third-order valence-electron chi connectivity index (χ3n) is 3.28. The van der Waals surface area contributed by atoms with E-state index in [4.69, 9.17) is 11.3 Å². The molecule has 8 nitrogen and oxygen atoms in total. The van der Waals surface area contributed by atoms with Gasteiger partial charge in [0, 0.05) is 34.6 Å². The number of hydrogen-bond donors (Lipinski definition) is 3. The highest BCUT2D eigenvalue weighted by molar-refractivity contribution is 8.13. The summed E-state index contributed by atoms with van der Waals surface area (Å²) >= 11 is 1.12. The molecule has 10 heteroatoms. The Hall–Kier alpha value is -2.30. The zero-order valence-corrected chi connectivity index (χ0v) is 14.6. The molecule has 0 bridgehead atoms. The molecule has 124 valence electrons. The van der Waals surface area contributed by atoms with E-state index in [0.29, 0.717) is 21.8 Å². The minimum absolute atomic E-state index is 0.144. The number of nitrogens with one attached hydrogen (secondary N) is 2. The number of aromatic amines is 1. The first-order valence-electron chi connectivity index (χ1n) is 6.85. The second-order valence-electron chi connectivity index (χ2n) is 4.98. The van der Waals surface area contributed by atoms with Crippen molar-refractivity contribution in [2.75, 3.05) is 13.3 Å². The fraction of sp³-hybridized carbons (Fsp3) is 0.143. The molecular weight excluding hydrogens is 346 g/mol. The molecule has 1 unspecified atom stereocenters. The van der Waals surface area contributed by atoms with Crippen LogP contribution < -0.4 is 5.84 Å². The van der Waals surface area contributed by atoms with Crippen LogP contribution in [0, 0.1) is 5.41 Å². The molecular formula is C14H15N7OS2. The van der Waals surface area contributed by atoms with E-state index >= 15 is 0 Å². The lowest BCUT2D eigenvalue weighted by molar-refractivity contribution is 0.547. The number of nitrogens with two attached hydrogens (primary N) is 1. The smallest absolute Gasteiger partial charge is 0.185 e. The van der Waals surface area contributed by atoms with Gasteiger partial charge in [-0.1, -0.05) is 12.1 Å². The van der Waals surface area contributed by atoms with Gasteiger partial charge in [-0.05, 0) is 23.9 Å². The molecule has 0 fully saturated rings. The highest BCUT2D eigenvalue weighted by atomic mass is 32.2. The van der Waals surface area contributed by atoms with E-state index in [2.05, 4.69) is 20.2 Å². The number of nitrogens with zero attached hydrogens (tertiary/aromatic N) is 4. The Morgan fingerprint density at radius 3 is 2.92 bits per heavy atom. The van der Waals surface area contributed by atoms with Crippen LogP contribution in [0.3, 0.4) is 0 Å². The molecule has 1 atom stereocenters. The van der Waals surface area contributed by atoms with E-state index in [9.17, 15) is 4.21 Å². The third-order valence-corrected chi connectivity index (χ3v) is 5.19. The normalized spacial score (nSPS) is 12.3. The topological polar surface area (TPSA) is 125 Å². The predicted octanol–water partition coefficient (Wildman–Crippen LogP) is 1.59. The molecule has 0 aliphatic heterocycles. The van der Waals surface area contributed by atoms with E-state index in [0.717, 1.165) is 22.2 Å². The van der Waals surface area contributed by atoms with Crippen molar-refractivity contribution in [2.45, 2.75) is 9.92 Å². The average Bonchev–Trinajstić information content (AvgIpc) is 3.00. The van der Waals surface area contributed by atoms with Crippen molar-refractivity contribution in [3.05, 3.63) is 30.6 Å². The van der Waals surface area contributed by atoms with Crippen LogP contribution in [-0.4, -0.2) is 47.9 Å². The number of rotatable bonds is 3. The predicted molar refractivity (Wildman–Crippen MR) is 95.0 cm³/mol. The zero-order valence-electron chi connectivity index (χ0n) is 13.0. The van der Waals surface area contributed by atoms with Crippen LogP contribution in [0.5, 0.6) is 0 Å². The summed E-state index contributed by atoms with van der Waals surface area (Å²) in [5.74, 6) is 5.59. The Balaban J connectivity index is 2.14. The summed E-state index contributed by atoms with van der Waals surface area (Å²) in [6, 6.07) is 7.38. The Kier molecular flexibility index (Phi) is 4.60. The fourth-order valence-electron chi connectivity index (χ4n) is 2.11. The van der Waals surface area contributed by atoms with Crippen molar-refractivity contribution >= 4 is 38.8 Å². The van der Waals surface area contributed by atoms with Crippen molar-refractivity contribution in [3.63, 3.8) is 0 Å². The lowest BCUT2D eigenvalue weighted by atomic mass is 10.1. The van der Waals surface area contributed by atoms with Gasteiger partial charge in [-0.25, -0.2) is 15.8 Å². The number of hydrogen-bond acceptors (Lipinski definition) is 7. The zero-order chi connectivity index (χ0) is 17.3. The highest BCUT2D eigenvalue weighted by Gasteiger charge is 2.17. The van der Waals surface area contributed by atoms with Gasteiger partial charge in [0.05, 0.1) is 11.1 Å². The molecule has 1 aromatic carbocycles. The lowest BCUT2D eigenvalue weighted by Gasteiger charge is -2.12. The number of aromatic nitrogens is 4. The van der Waals surface area contributed by atoms with Crippen molar-refractivity contribution in [3.8, 4) is 11.3 Å².